The Morgan fingerprint density at radius 3 is 2.43 bits per heavy atom. The molecule has 0 heterocycles. The van der Waals surface area contributed by atoms with Crippen molar-refractivity contribution in [2.45, 2.75) is 13.0 Å². The van der Waals surface area contributed by atoms with Gasteiger partial charge < -0.3 is 15.8 Å². The Hall–Kier alpha value is -2.33. The number of carbonyl (C=O) groups excluding carboxylic acids is 1. The van der Waals surface area contributed by atoms with Crippen LogP contribution >= 0.6 is 0 Å². The molecule has 2 aromatic carbocycles. The third kappa shape index (κ3) is 4.93. The van der Waals surface area contributed by atoms with Gasteiger partial charge in [0.25, 0.3) is 5.91 Å². The minimum Gasteiger partial charge on any atom is -0.494 e. The Balaban J connectivity index is 1.67. The third-order valence-electron chi connectivity index (χ3n) is 3.07. The van der Waals surface area contributed by atoms with Gasteiger partial charge in [-0.25, -0.2) is 0 Å². The van der Waals surface area contributed by atoms with Crippen LogP contribution in [0, 0.1) is 0 Å². The van der Waals surface area contributed by atoms with Gasteiger partial charge in [0.2, 0.25) is 0 Å². The maximum absolute atomic E-state index is 11.9. The molecule has 2 aromatic rings. The van der Waals surface area contributed by atoms with E-state index in [-0.39, 0.29) is 5.91 Å². The van der Waals surface area contributed by atoms with Gasteiger partial charge in [-0.05, 0) is 36.2 Å². The Bertz CT molecular complexity index is 553. The molecule has 1 amide bonds. The number of carbonyl (C=O) groups is 1. The predicted octanol–water partition coefficient (Wildman–Crippen LogP) is 2.34. The maximum atomic E-state index is 11.9. The Labute approximate surface area is 124 Å². The molecule has 0 saturated carbocycles. The van der Waals surface area contributed by atoms with E-state index in [0.717, 1.165) is 17.7 Å². The molecule has 0 bridgehead atoms. The van der Waals surface area contributed by atoms with Gasteiger partial charge in [-0.3, -0.25) is 4.79 Å². The van der Waals surface area contributed by atoms with Crippen LogP contribution in [0.4, 0.5) is 0 Å². The summed E-state index contributed by atoms with van der Waals surface area (Å²) in [5.74, 6) is 0.777. The first-order valence-electron chi connectivity index (χ1n) is 7.04. The predicted molar refractivity (Wildman–Crippen MR) is 83.2 cm³/mol. The number of nitrogens with one attached hydrogen (secondary N) is 1. The first kappa shape index (κ1) is 15.1. The molecule has 4 heteroatoms. The highest BCUT2D eigenvalue weighted by atomic mass is 16.5. The number of rotatable bonds is 7. The average molecular weight is 284 g/mol. The van der Waals surface area contributed by atoms with Crippen LogP contribution in [0.15, 0.2) is 54.6 Å². The van der Waals surface area contributed by atoms with Gasteiger partial charge in [0.15, 0.2) is 0 Å². The standard InChI is InChI=1S/C17H20N2O2/c18-13-14-7-9-15(10-8-14)17(20)19-11-4-12-21-16-5-2-1-3-6-16/h1-3,5-10H,4,11-13,18H2,(H,19,20). The fourth-order valence-electron chi connectivity index (χ4n) is 1.88. The fraction of sp³-hybridized carbons (Fsp3) is 0.235. The van der Waals surface area contributed by atoms with Crippen LogP contribution in [0.5, 0.6) is 5.75 Å². The van der Waals surface area contributed by atoms with Gasteiger partial charge in [0, 0.05) is 18.7 Å². The molecule has 0 aliphatic rings. The van der Waals surface area contributed by atoms with E-state index in [2.05, 4.69) is 5.32 Å². The molecule has 110 valence electrons. The molecule has 0 fully saturated rings. The Kier molecular flexibility index (Phi) is 5.79. The summed E-state index contributed by atoms with van der Waals surface area (Å²) in [4.78, 5) is 11.9. The minimum absolute atomic E-state index is 0.0710. The van der Waals surface area contributed by atoms with E-state index in [0.29, 0.717) is 25.3 Å². The first-order valence-corrected chi connectivity index (χ1v) is 7.04. The minimum atomic E-state index is -0.0710. The van der Waals surface area contributed by atoms with Crippen LogP contribution in [-0.2, 0) is 6.54 Å². The van der Waals surface area contributed by atoms with Gasteiger partial charge >= 0.3 is 0 Å². The second-order valence-electron chi connectivity index (χ2n) is 4.67. The largest absolute Gasteiger partial charge is 0.494 e. The van der Waals surface area contributed by atoms with Crippen molar-refractivity contribution < 1.29 is 9.53 Å². The molecule has 3 N–H and O–H groups in total. The van der Waals surface area contributed by atoms with E-state index in [1.807, 2.05) is 42.5 Å². The molecule has 21 heavy (non-hydrogen) atoms. The van der Waals surface area contributed by atoms with E-state index in [1.54, 1.807) is 12.1 Å². The van der Waals surface area contributed by atoms with Crippen molar-refractivity contribution in [1.29, 1.82) is 0 Å². The lowest BCUT2D eigenvalue weighted by Gasteiger charge is -2.07. The zero-order valence-electron chi connectivity index (χ0n) is 11.9. The highest BCUT2D eigenvalue weighted by molar-refractivity contribution is 5.94. The van der Waals surface area contributed by atoms with Crippen molar-refractivity contribution in [2.75, 3.05) is 13.2 Å². The number of amides is 1. The zero-order chi connectivity index (χ0) is 14.9. The van der Waals surface area contributed by atoms with Gasteiger partial charge in [0.1, 0.15) is 5.75 Å². The fourth-order valence-corrected chi connectivity index (χ4v) is 1.88. The van der Waals surface area contributed by atoms with Gasteiger partial charge in [0.05, 0.1) is 6.61 Å². The SMILES string of the molecule is NCc1ccc(C(=O)NCCCOc2ccccc2)cc1. The van der Waals surface area contributed by atoms with Crippen molar-refractivity contribution in [1.82, 2.24) is 5.32 Å². The zero-order valence-corrected chi connectivity index (χ0v) is 11.9. The monoisotopic (exact) mass is 284 g/mol. The molecule has 0 atom stereocenters. The number of hydrogen-bond donors (Lipinski definition) is 2. The third-order valence-corrected chi connectivity index (χ3v) is 3.07. The summed E-state index contributed by atoms with van der Waals surface area (Å²) < 4.78 is 5.56. The van der Waals surface area contributed by atoms with Crippen molar-refractivity contribution >= 4 is 5.91 Å². The van der Waals surface area contributed by atoms with Gasteiger partial charge in [-0.15, -0.1) is 0 Å². The smallest absolute Gasteiger partial charge is 0.251 e. The quantitative estimate of drug-likeness (QED) is 0.767. The van der Waals surface area contributed by atoms with E-state index in [1.165, 1.54) is 0 Å². The van der Waals surface area contributed by atoms with Gasteiger partial charge in [-0.1, -0.05) is 30.3 Å². The number of para-hydroxylation sites is 1. The van der Waals surface area contributed by atoms with Crippen LogP contribution in [0.3, 0.4) is 0 Å². The molecule has 0 saturated heterocycles. The Morgan fingerprint density at radius 2 is 1.76 bits per heavy atom. The number of nitrogens with two attached hydrogens (primary N) is 1. The van der Waals surface area contributed by atoms with E-state index in [9.17, 15) is 4.79 Å². The van der Waals surface area contributed by atoms with Crippen molar-refractivity contribution in [3.05, 3.63) is 65.7 Å². The van der Waals surface area contributed by atoms with E-state index >= 15 is 0 Å². The average Bonchev–Trinajstić information content (AvgIpc) is 2.55. The van der Waals surface area contributed by atoms with Gasteiger partial charge in [-0.2, -0.15) is 0 Å². The van der Waals surface area contributed by atoms with Crippen LogP contribution in [0.25, 0.3) is 0 Å². The molecule has 0 aliphatic heterocycles. The summed E-state index contributed by atoms with van der Waals surface area (Å²) in [5.41, 5.74) is 7.19. The summed E-state index contributed by atoms with van der Waals surface area (Å²) in [6.45, 7) is 1.65. The molecule has 0 spiro atoms. The second-order valence-corrected chi connectivity index (χ2v) is 4.67. The molecule has 0 radical (unpaired) electrons. The summed E-state index contributed by atoms with van der Waals surface area (Å²) in [6.07, 6.45) is 0.765. The molecular formula is C17H20N2O2. The van der Waals surface area contributed by atoms with Crippen molar-refractivity contribution in [3.63, 3.8) is 0 Å². The topological polar surface area (TPSA) is 64.4 Å². The van der Waals surface area contributed by atoms with Crippen LogP contribution in [0.1, 0.15) is 22.3 Å². The molecule has 4 nitrogen and oxygen atoms in total. The summed E-state index contributed by atoms with van der Waals surface area (Å²) >= 11 is 0. The molecule has 0 aliphatic carbocycles. The Morgan fingerprint density at radius 1 is 1.05 bits per heavy atom. The second kappa shape index (κ2) is 8.07. The normalized spacial score (nSPS) is 10.1. The van der Waals surface area contributed by atoms with Crippen LogP contribution in [0.2, 0.25) is 0 Å². The summed E-state index contributed by atoms with van der Waals surface area (Å²) in [5, 5.41) is 2.87. The summed E-state index contributed by atoms with van der Waals surface area (Å²) in [6, 6.07) is 17.0. The number of ether oxygens (including phenoxy) is 1. The lowest BCUT2D eigenvalue weighted by Crippen LogP contribution is -2.25. The first-order chi connectivity index (χ1) is 10.3. The highest BCUT2D eigenvalue weighted by Gasteiger charge is 2.04. The van der Waals surface area contributed by atoms with Crippen LogP contribution in [-0.4, -0.2) is 19.1 Å². The number of benzene rings is 2. The molecule has 0 unspecified atom stereocenters. The summed E-state index contributed by atoms with van der Waals surface area (Å²) in [7, 11) is 0. The van der Waals surface area contributed by atoms with E-state index < -0.39 is 0 Å². The van der Waals surface area contributed by atoms with Crippen LogP contribution < -0.4 is 15.8 Å². The molecular weight excluding hydrogens is 264 g/mol. The maximum Gasteiger partial charge on any atom is 0.251 e. The van der Waals surface area contributed by atoms with Crippen molar-refractivity contribution in [3.8, 4) is 5.75 Å². The number of hydrogen-bond acceptors (Lipinski definition) is 3. The lowest BCUT2D eigenvalue weighted by molar-refractivity contribution is 0.0951. The van der Waals surface area contributed by atoms with Crippen molar-refractivity contribution in [2.24, 2.45) is 5.73 Å². The molecule has 0 aromatic heterocycles. The molecule has 2 rings (SSSR count). The highest BCUT2D eigenvalue weighted by Crippen LogP contribution is 2.08. The lowest BCUT2D eigenvalue weighted by atomic mass is 10.1. The van der Waals surface area contributed by atoms with E-state index in [4.69, 9.17) is 10.5 Å².